The SMILES string of the molecule is CC(=O)OCC(O)COc1ccc2cc(OCC(O)COC(C)=O)ccc2c1. The van der Waals surface area contributed by atoms with Gasteiger partial charge in [-0.2, -0.15) is 0 Å². The van der Waals surface area contributed by atoms with Gasteiger partial charge < -0.3 is 29.2 Å². The third-order valence-electron chi connectivity index (χ3n) is 3.63. The Morgan fingerprint density at radius 3 is 1.50 bits per heavy atom. The zero-order chi connectivity index (χ0) is 20.5. The van der Waals surface area contributed by atoms with Crippen molar-refractivity contribution in [2.24, 2.45) is 0 Å². The standard InChI is InChI=1S/C20H24O8/c1-13(21)25-9-17(23)11-27-19-5-3-16-8-20(6-4-15(16)7-19)28-12-18(24)10-26-14(2)22/h3-8,17-18,23-24H,9-12H2,1-2H3. The van der Waals surface area contributed by atoms with Crippen molar-refractivity contribution in [1.82, 2.24) is 0 Å². The number of aliphatic hydroxyl groups excluding tert-OH is 2. The Labute approximate surface area is 162 Å². The molecule has 2 atom stereocenters. The van der Waals surface area contributed by atoms with Crippen molar-refractivity contribution in [3.8, 4) is 11.5 Å². The van der Waals surface area contributed by atoms with Gasteiger partial charge >= 0.3 is 11.9 Å². The first-order valence-electron chi connectivity index (χ1n) is 8.75. The maximum absolute atomic E-state index is 10.7. The monoisotopic (exact) mass is 392 g/mol. The second-order valence-corrected chi connectivity index (χ2v) is 6.21. The van der Waals surface area contributed by atoms with Crippen LogP contribution in [0.15, 0.2) is 36.4 Å². The molecule has 0 aliphatic carbocycles. The van der Waals surface area contributed by atoms with Gasteiger partial charge in [-0.25, -0.2) is 0 Å². The summed E-state index contributed by atoms with van der Waals surface area (Å²) in [6.07, 6.45) is -1.82. The van der Waals surface area contributed by atoms with Gasteiger partial charge in [-0.3, -0.25) is 9.59 Å². The van der Waals surface area contributed by atoms with Crippen molar-refractivity contribution in [3.63, 3.8) is 0 Å². The van der Waals surface area contributed by atoms with Crippen LogP contribution in [0.3, 0.4) is 0 Å². The molecule has 0 spiro atoms. The summed E-state index contributed by atoms with van der Waals surface area (Å²) in [5.41, 5.74) is 0. The molecule has 0 saturated heterocycles. The molecule has 2 rings (SSSR count). The zero-order valence-electron chi connectivity index (χ0n) is 15.8. The maximum Gasteiger partial charge on any atom is 0.302 e. The fourth-order valence-electron chi connectivity index (χ4n) is 2.29. The van der Waals surface area contributed by atoms with E-state index in [1.54, 1.807) is 12.1 Å². The Balaban J connectivity index is 1.88. The molecule has 2 unspecified atom stereocenters. The van der Waals surface area contributed by atoms with Crippen molar-refractivity contribution in [2.75, 3.05) is 26.4 Å². The predicted molar refractivity (Wildman–Crippen MR) is 100 cm³/mol. The molecule has 0 bridgehead atoms. The summed E-state index contributed by atoms with van der Waals surface area (Å²) in [4.78, 5) is 21.4. The molecule has 0 aliphatic rings. The van der Waals surface area contributed by atoms with Gasteiger partial charge in [-0.15, -0.1) is 0 Å². The van der Waals surface area contributed by atoms with E-state index in [0.29, 0.717) is 11.5 Å². The summed E-state index contributed by atoms with van der Waals surface area (Å²) in [6, 6.07) is 10.8. The van der Waals surface area contributed by atoms with E-state index in [4.69, 9.17) is 18.9 Å². The van der Waals surface area contributed by atoms with E-state index in [0.717, 1.165) is 10.8 Å². The molecule has 2 aromatic rings. The Kier molecular flexibility index (Phi) is 8.03. The minimum absolute atomic E-state index is 0.000202. The van der Waals surface area contributed by atoms with E-state index >= 15 is 0 Å². The van der Waals surface area contributed by atoms with Gasteiger partial charge in [0, 0.05) is 13.8 Å². The van der Waals surface area contributed by atoms with Crippen LogP contribution in [0, 0.1) is 0 Å². The molecular weight excluding hydrogens is 368 g/mol. The van der Waals surface area contributed by atoms with Crippen LogP contribution >= 0.6 is 0 Å². The fraction of sp³-hybridized carbons (Fsp3) is 0.400. The normalized spacial score (nSPS) is 12.9. The highest BCUT2D eigenvalue weighted by molar-refractivity contribution is 5.85. The number of aliphatic hydroxyl groups is 2. The molecule has 0 aromatic heterocycles. The highest BCUT2D eigenvalue weighted by Crippen LogP contribution is 2.25. The third kappa shape index (κ3) is 7.42. The Hall–Kier alpha value is -2.84. The van der Waals surface area contributed by atoms with Gasteiger partial charge in [-0.05, 0) is 35.0 Å². The van der Waals surface area contributed by atoms with Crippen molar-refractivity contribution < 1.29 is 38.7 Å². The van der Waals surface area contributed by atoms with Crippen LogP contribution in [0.2, 0.25) is 0 Å². The molecule has 8 nitrogen and oxygen atoms in total. The number of hydrogen-bond donors (Lipinski definition) is 2. The molecule has 0 amide bonds. The van der Waals surface area contributed by atoms with E-state index in [-0.39, 0.29) is 26.4 Å². The van der Waals surface area contributed by atoms with Crippen LogP contribution in [-0.2, 0) is 19.1 Å². The van der Waals surface area contributed by atoms with Crippen molar-refractivity contribution in [1.29, 1.82) is 0 Å². The summed E-state index contributed by atoms with van der Waals surface area (Å²) in [6.45, 7) is 2.31. The van der Waals surface area contributed by atoms with Gasteiger partial charge in [0.25, 0.3) is 0 Å². The van der Waals surface area contributed by atoms with Crippen LogP contribution < -0.4 is 9.47 Å². The maximum atomic E-state index is 10.7. The first kappa shape index (κ1) is 21.5. The van der Waals surface area contributed by atoms with Gasteiger partial charge in [0.1, 0.15) is 50.1 Å². The smallest absolute Gasteiger partial charge is 0.302 e. The average molecular weight is 392 g/mol. The number of carbonyl (C=O) groups excluding carboxylic acids is 2. The van der Waals surface area contributed by atoms with E-state index in [2.05, 4.69) is 0 Å². The number of hydrogen-bond acceptors (Lipinski definition) is 8. The number of ether oxygens (including phenoxy) is 4. The van der Waals surface area contributed by atoms with Gasteiger partial charge in [0.05, 0.1) is 0 Å². The molecule has 8 heteroatoms. The summed E-state index contributed by atoms with van der Waals surface area (Å²) in [5.74, 6) is 0.225. The lowest BCUT2D eigenvalue weighted by Crippen LogP contribution is -2.24. The van der Waals surface area contributed by atoms with Crippen molar-refractivity contribution >= 4 is 22.7 Å². The molecule has 0 aliphatic heterocycles. The lowest BCUT2D eigenvalue weighted by molar-refractivity contribution is -0.145. The third-order valence-corrected chi connectivity index (χ3v) is 3.63. The lowest BCUT2D eigenvalue weighted by atomic mass is 10.1. The second kappa shape index (κ2) is 10.5. The Morgan fingerprint density at radius 1 is 0.750 bits per heavy atom. The topological polar surface area (TPSA) is 112 Å². The summed E-state index contributed by atoms with van der Waals surface area (Å²) >= 11 is 0. The summed E-state index contributed by atoms with van der Waals surface area (Å²) in [7, 11) is 0. The highest BCUT2D eigenvalue weighted by Gasteiger charge is 2.09. The average Bonchev–Trinajstić information content (AvgIpc) is 2.67. The van der Waals surface area contributed by atoms with Crippen molar-refractivity contribution in [3.05, 3.63) is 36.4 Å². The number of benzene rings is 2. The molecule has 152 valence electrons. The van der Waals surface area contributed by atoms with Gasteiger partial charge in [-0.1, -0.05) is 12.1 Å². The van der Waals surface area contributed by atoms with E-state index < -0.39 is 24.1 Å². The quantitative estimate of drug-likeness (QED) is 0.585. The Morgan fingerprint density at radius 2 is 1.14 bits per heavy atom. The van der Waals surface area contributed by atoms with Crippen LogP contribution in [0.5, 0.6) is 11.5 Å². The predicted octanol–water partition coefficient (Wildman–Crippen LogP) is 1.45. The van der Waals surface area contributed by atoms with Gasteiger partial charge in [0.2, 0.25) is 0 Å². The number of fused-ring (bicyclic) bond motifs is 1. The minimum Gasteiger partial charge on any atom is -0.491 e. The van der Waals surface area contributed by atoms with E-state index in [1.165, 1.54) is 13.8 Å². The first-order valence-corrected chi connectivity index (χ1v) is 8.75. The molecule has 0 saturated carbocycles. The molecule has 2 N–H and O–H groups in total. The van der Waals surface area contributed by atoms with Crippen LogP contribution in [0.4, 0.5) is 0 Å². The number of esters is 2. The van der Waals surface area contributed by atoms with Crippen LogP contribution in [0.25, 0.3) is 10.8 Å². The molecule has 0 radical (unpaired) electrons. The zero-order valence-corrected chi connectivity index (χ0v) is 15.8. The number of rotatable bonds is 10. The molecule has 2 aromatic carbocycles. The molecule has 0 heterocycles. The van der Waals surface area contributed by atoms with Crippen molar-refractivity contribution in [2.45, 2.75) is 26.1 Å². The largest absolute Gasteiger partial charge is 0.491 e. The highest BCUT2D eigenvalue weighted by atomic mass is 16.6. The lowest BCUT2D eigenvalue weighted by Gasteiger charge is -2.14. The first-order chi connectivity index (χ1) is 13.3. The molecule has 0 fully saturated rings. The summed E-state index contributed by atoms with van der Waals surface area (Å²) in [5, 5.41) is 21.2. The van der Waals surface area contributed by atoms with Crippen LogP contribution in [-0.4, -0.2) is 60.8 Å². The summed E-state index contributed by atoms with van der Waals surface area (Å²) < 4.78 is 20.5. The fourth-order valence-corrected chi connectivity index (χ4v) is 2.29. The van der Waals surface area contributed by atoms with Gasteiger partial charge in [0.15, 0.2) is 0 Å². The molecular formula is C20H24O8. The van der Waals surface area contributed by atoms with E-state index in [9.17, 15) is 19.8 Å². The number of carbonyl (C=O) groups is 2. The minimum atomic E-state index is -0.909. The van der Waals surface area contributed by atoms with E-state index in [1.807, 2.05) is 24.3 Å². The molecule has 28 heavy (non-hydrogen) atoms. The van der Waals surface area contributed by atoms with Crippen LogP contribution in [0.1, 0.15) is 13.8 Å². The second-order valence-electron chi connectivity index (χ2n) is 6.21. The Bertz CT molecular complexity index is 737.